The largest absolute Gasteiger partial charge is 0.478 e. The first-order chi connectivity index (χ1) is 20.3. The van der Waals surface area contributed by atoms with E-state index in [1.165, 1.54) is 0 Å². The Kier molecular flexibility index (Phi) is 7.73. The number of aromatic nitrogens is 1. The first-order valence-corrected chi connectivity index (χ1v) is 13.8. The second kappa shape index (κ2) is 11.3. The van der Waals surface area contributed by atoms with Crippen LogP contribution in [0, 0.1) is 6.92 Å². The number of aliphatic hydroxyl groups is 1. The molecule has 4 N–H and O–H groups in total. The predicted octanol–water partition coefficient (Wildman–Crippen LogP) is 6.46. The number of amides is 1. The maximum atomic E-state index is 12.1. The molecule has 0 saturated carbocycles. The van der Waals surface area contributed by atoms with Crippen molar-refractivity contribution in [1.82, 2.24) is 5.16 Å². The van der Waals surface area contributed by atoms with Crippen LogP contribution in [-0.4, -0.2) is 33.0 Å². The summed E-state index contributed by atoms with van der Waals surface area (Å²) in [7, 11) is 0. The van der Waals surface area contributed by atoms with E-state index in [4.69, 9.17) is 15.2 Å². The van der Waals surface area contributed by atoms with Crippen molar-refractivity contribution < 1.29 is 24.3 Å². The van der Waals surface area contributed by atoms with Crippen LogP contribution >= 0.6 is 0 Å². The zero-order valence-corrected chi connectivity index (χ0v) is 24.5. The molecule has 5 rings (SSSR count). The van der Waals surface area contributed by atoms with Gasteiger partial charge in [-0.15, -0.1) is 0 Å². The number of nitrogens with two attached hydrogens (primary N) is 1. The van der Waals surface area contributed by atoms with E-state index >= 15 is 0 Å². The molecule has 0 spiro atoms. The van der Waals surface area contributed by atoms with Gasteiger partial charge in [-0.1, -0.05) is 66.3 Å². The maximum absolute atomic E-state index is 12.1. The van der Waals surface area contributed by atoms with E-state index in [9.17, 15) is 19.8 Å². The molecule has 0 saturated heterocycles. The van der Waals surface area contributed by atoms with Crippen LogP contribution in [0.3, 0.4) is 0 Å². The lowest BCUT2D eigenvalue weighted by Crippen LogP contribution is -2.16. The number of hydrogen-bond acceptors (Lipinski definition) is 6. The number of benzene rings is 3. The second-order valence-electron chi connectivity index (χ2n) is 11.3. The molecule has 3 aromatic carbocycles. The van der Waals surface area contributed by atoms with Gasteiger partial charge in [-0.2, -0.15) is 0 Å². The SMILES string of the molecule is C=C(C=C(C)c1ccc2c(c1)-c1c(C)noc1C(CC(N)=O)N=C2c1ccc(C(C)(C)O)cc1)c1ccc(C(=O)O)cc1. The van der Waals surface area contributed by atoms with Gasteiger partial charge in [0.15, 0.2) is 5.76 Å². The standard InChI is InChI=1S/C35H33N3O5/c1-19(22-6-8-24(9-7-22)34(40)41)16-20(2)25-12-15-27-28(17-25)31-21(3)38-43-33(31)29(18-30(36)39)37-32(27)23-10-13-26(14-11-23)35(4,5)42/h6-17,29,42H,1,18H2,2-5H3,(H2,36,39)(H,40,41). The van der Waals surface area contributed by atoms with Crippen LogP contribution in [0.25, 0.3) is 22.3 Å². The highest BCUT2D eigenvalue weighted by Gasteiger charge is 2.31. The zero-order chi connectivity index (χ0) is 31.1. The molecule has 8 heteroatoms. The molecule has 0 fully saturated rings. The molecular weight excluding hydrogens is 542 g/mol. The highest BCUT2D eigenvalue weighted by Crippen LogP contribution is 2.42. The van der Waals surface area contributed by atoms with Crippen molar-refractivity contribution in [3.8, 4) is 11.1 Å². The Hall–Kier alpha value is -5.08. The number of primary amides is 1. The van der Waals surface area contributed by atoms with Gasteiger partial charge in [0.2, 0.25) is 5.91 Å². The molecule has 1 aliphatic heterocycles. The minimum absolute atomic E-state index is 0.0485. The Morgan fingerprint density at radius 3 is 2.23 bits per heavy atom. The summed E-state index contributed by atoms with van der Waals surface area (Å²) < 4.78 is 5.77. The zero-order valence-electron chi connectivity index (χ0n) is 24.5. The topological polar surface area (TPSA) is 139 Å². The van der Waals surface area contributed by atoms with Gasteiger partial charge in [-0.3, -0.25) is 9.79 Å². The summed E-state index contributed by atoms with van der Waals surface area (Å²) in [5.41, 5.74) is 13.7. The Morgan fingerprint density at radius 1 is 1.00 bits per heavy atom. The highest BCUT2D eigenvalue weighted by molar-refractivity contribution is 6.17. The molecule has 4 aromatic rings. The molecule has 1 unspecified atom stereocenters. The number of aliphatic imine (C=N–C) groups is 1. The molecule has 0 bridgehead atoms. The minimum atomic E-state index is -0.999. The number of carboxylic acid groups (broad SMARTS) is 1. The summed E-state index contributed by atoms with van der Waals surface area (Å²) in [4.78, 5) is 28.3. The summed E-state index contributed by atoms with van der Waals surface area (Å²) >= 11 is 0. The van der Waals surface area contributed by atoms with Crippen LogP contribution in [0.4, 0.5) is 0 Å². The number of hydrogen-bond donors (Lipinski definition) is 3. The molecule has 1 amide bonds. The van der Waals surface area contributed by atoms with Gasteiger partial charge in [0, 0.05) is 11.1 Å². The van der Waals surface area contributed by atoms with Crippen LogP contribution in [0.5, 0.6) is 0 Å². The first kappa shape index (κ1) is 29.4. The van der Waals surface area contributed by atoms with E-state index in [1.807, 2.05) is 56.3 Å². The third-order valence-corrected chi connectivity index (χ3v) is 7.63. The number of nitrogens with zero attached hydrogens (tertiary/aromatic N) is 2. The molecular formula is C35H33N3O5. The number of rotatable bonds is 8. The normalized spacial score (nSPS) is 14.8. The van der Waals surface area contributed by atoms with Gasteiger partial charge < -0.3 is 20.5 Å². The van der Waals surface area contributed by atoms with Crippen LogP contribution < -0.4 is 5.73 Å². The number of fused-ring (bicyclic) bond motifs is 3. The quantitative estimate of drug-likeness (QED) is 0.206. The average Bonchev–Trinajstić information content (AvgIpc) is 3.29. The van der Waals surface area contributed by atoms with Crippen molar-refractivity contribution >= 4 is 28.7 Å². The van der Waals surface area contributed by atoms with E-state index < -0.39 is 23.5 Å². The van der Waals surface area contributed by atoms with E-state index in [0.29, 0.717) is 17.2 Å². The fourth-order valence-electron chi connectivity index (χ4n) is 5.28. The molecule has 1 aliphatic rings. The van der Waals surface area contributed by atoms with Crippen molar-refractivity contribution in [3.05, 3.63) is 124 Å². The van der Waals surface area contributed by atoms with Crippen molar-refractivity contribution in [2.75, 3.05) is 0 Å². The lowest BCUT2D eigenvalue weighted by molar-refractivity contribution is -0.118. The Morgan fingerprint density at radius 2 is 1.63 bits per heavy atom. The van der Waals surface area contributed by atoms with Crippen LogP contribution in [0.1, 0.15) is 82.9 Å². The predicted molar refractivity (Wildman–Crippen MR) is 167 cm³/mol. The fraction of sp³-hybridized carbons (Fsp3) is 0.200. The number of aryl methyl sites for hydroxylation is 1. The number of carbonyl (C=O) groups excluding carboxylic acids is 1. The molecule has 8 nitrogen and oxygen atoms in total. The van der Waals surface area contributed by atoms with E-state index in [2.05, 4.69) is 17.8 Å². The van der Waals surface area contributed by atoms with Crippen LogP contribution in [-0.2, 0) is 10.4 Å². The van der Waals surface area contributed by atoms with Crippen LogP contribution in [0.15, 0.2) is 88.9 Å². The Bertz CT molecular complexity index is 1800. The summed E-state index contributed by atoms with van der Waals surface area (Å²) in [6.45, 7) is 11.5. The minimum Gasteiger partial charge on any atom is -0.478 e. The maximum Gasteiger partial charge on any atom is 0.335 e. The number of carboxylic acids is 1. The van der Waals surface area contributed by atoms with E-state index in [-0.39, 0.29) is 12.0 Å². The van der Waals surface area contributed by atoms with Crippen LogP contribution in [0.2, 0.25) is 0 Å². The van der Waals surface area contributed by atoms with Crippen molar-refractivity contribution in [1.29, 1.82) is 0 Å². The molecule has 218 valence electrons. The second-order valence-corrected chi connectivity index (χ2v) is 11.3. The number of aromatic carboxylic acids is 1. The molecule has 1 aromatic heterocycles. The lowest BCUT2D eigenvalue weighted by atomic mass is 9.88. The molecule has 43 heavy (non-hydrogen) atoms. The third kappa shape index (κ3) is 5.96. The summed E-state index contributed by atoms with van der Waals surface area (Å²) in [5, 5.41) is 23.9. The van der Waals surface area contributed by atoms with E-state index in [1.54, 1.807) is 38.1 Å². The Balaban J connectivity index is 1.62. The Labute approximate surface area is 249 Å². The molecule has 2 heterocycles. The van der Waals surface area contributed by atoms with Gasteiger partial charge in [0.05, 0.1) is 34.6 Å². The fourth-order valence-corrected chi connectivity index (χ4v) is 5.28. The third-order valence-electron chi connectivity index (χ3n) is 7.63. The molecule has 1 atom stereocenters. The lowest BCUT2D eigenvalue weighted by Gasteiger charge is -2.19. The summed E-state index contributed by atoms with van der Waals surface area (Å²) in [5.74, 6) is -1.01. The van der Waals surface area contributed by atoms with Gasteiger partial charge in [0.25, 0.3) is 0 Å². The number of allylic oxidation sites excluding steroid dienone is 3. The molecule has 0 radical (unpaired) electrons. The van der Waals surface area contributed by atoms with Gasteiger partial charge >= 0.3 is 5.97 Å². The van der Waals surface area contributed by atoms with Gasteiger partial charge in [0.1, 0.15) is 6.04 Å². The average molecular weight is 576 g/mol. The first-order valence-electron chi connectivity index (χ1n) is 13.8. The van der Waals surface area contributed by atoms with Crippen molar-refractivity contribution in [2.45, 2.75) is 45.8 Å². The van der Waals surface area contributed by atoms with Gasteiger partial charge in [-0.05, 0) is 79.3 Å². The van der Waals surface area contributed by atoms with Crippen molar-refractivity contribution in [2.24, 2.45) is 10.7 Å². The summed E-state index contributed by atoms with van der Waals surface area (Å²) in [6, 6.07) is 19.5. The number of carbonyl (C=O) groups is 2. The van der Waals surface area contributed by atoms with Gasteiger partial charge in [-0.25, -0.2) is 4.79 Å². The highest BCUT2D eigenvalue weighted by atomic mass is 16.5. The van der Waals surface area contributed by atoms with Crippen molar-refractivity contribution in [3.63, 3.8) is 0 Å². The summed E-state index contributed by atoms with van der Waals surface area (Å²) in [6.07, 6.45) is 1.91. The van der Waals surface area contributed by atoms with E-state index in [0.717, 1.165) is 50.1 Å². The molecule has 0 aliphatic carbocycles. The monoisotopic (exact) mass is 575 g/mol. The smallest absolute Gasteiger partial charge is 0.335 e.